The molecule has 8 nitrogen and oxygen atoms in total. The van der Waals surface area contributed by atoms with Gasteiger partial charge in [-0.25, -0.2) is 9.59 Å². The molecule has 0 radical (unpaired) electrons. The summed E-state index contributed by atoms with van der Waals surface area (Å²) in [6, 6.07) is 15.2. The summed E-state index contributed by atoms with van der Waals surface area (Å²) in [5, 5.41) is 14.9. The molecule has 0 heterocycles. The minimum atomic E-state index is -1.10. The van der Waals surface area contributed by atoms with Gasteiger partial charge in [-0.2, -0.15) is 0 Å². The molecule has 35 heavy (non-hydrogen) atoms. The molecule has 1 unspecified atom stereocenters. The molecule has 2 amide bonds. The molecule has 0 spiro atoms. The van der Waals surface area contributed by atoms with Crippen molar-refractivity contribution in [2.24, 2.45) is 5.41 Å². The predicted octanol–water partition coefficient (Wildman–Crippen LogP) is 3.69. The van der Waals surface area contributed by atoms with Crippen molar-refractivity contribution in [3.8, 4) is 11.1 Å². The number of rotatable bonds is 10. The number of aliphatic carboxylic acids is 1. The normalized spacial score (nSPS) is 16.7. The van der Waals surface area contributed by atoms with Gasteiger partial charge in [0.15, 0.2) is 0 Å². The van der Waals surface area contributed by atoms with Gasteiger partial charge >= 0.3 is 12.1 Å². The SMILES string of the molecule is COCCC(NC(=O)C1(CNC(=O)OCC2c3ccccc3-c3ccccc32)CCCC1)C(=O)O. The van der Waals surface area contributed by atoms with E-state index in [1.165, 1.54) is 7.11 Å². The van der Waals surface area contributed by atoms with E-state index in [0.29, 0.717) is 12.8 Å². The lowest BCUT2D eigenvalue weighted by molar-refractivity contribution is -0.144. The van der Waals surface area contributed by atoms with E-state index < -0.39 is 23.5 Å². The fraction of sp³-hybridized carbons (Fsp3) is 0.444. The molecule has 2 aromatic carbocycles. The Morgan fingerprint density at radius 1 is 1.03 bits per heavy atom. The van der Waals surface area contributed by atoms with Crippen molar-refractivity contribution in [2.45, 2.75) is 44.1 Å². The van der Waals surface area contributed by atoms with Gasteiger partial charge in [0.25, 0.3) is 0 Å². The molecule has 3 N–H and O–H groups in total. The molecule has 2 aliphatic carbocycles. The second-order valence-corrected chi connectivity index (χ2v) is 9.31. The van der Waals surface area contributed by atoms with Crippen LogP contribution in [0.4, 0.5) is 4.79 Å². The summed E-state index contributed by atoms with van der Waals surface area (Å²) in [7, 11) is 1.48. The third-order valence-corrected chi connectivity index (χ3v) is 7.17. The summed E-state index contributed by atoms with van der Waals surface area (Å²) in [5.41, 5.74) is 3.72. The van der Waals surface area contributed by atoms with Crippen molar-refractivity contribution in [1.82, 2.24) is 10.6 Å². The van der Waals surface area contributed by atoms with E-state index in [1.807, 2.05) is 24.3 Å². The van der Waals surface area contributed by atoms with E-state index in [9.17, 15) is 19.5 Å². The van der Waals surface area contributed by atoms with Crippen LogP contribution in [-0.2, 0) is 19.1 Å². The highest BCUT2D eigenvalue weighted by Crippen LogP contribution is 2.44. The van der Waals surface area contributed by atoms with Crippen LogP contribution in [0.3, 0.4) is 0 Å². The third-order valence-electron chi connectivity index (χ3n) is 7.17. The molecular weight excluding hydrogens is 448 g/mol. The van der Waals surface area contributed by atoms with Crippen LogP contribution >= 0.6 is 0 Å². The number of carbonyl (C=O) groups is 3. The number of carbonyl (C=O) groups excluding carboxylic acids is 2. The van der Waals surface area contributed by atoms with E-state index in [4.69, 9.17) is 9.47 Å². The number of methoxy groups -OCH3 is 1. The van der Waals surface area contributed by atoms with Crippen LogP contribution in [0.25, 0.3) is 11.1 Å². The number of carboxylic acid groups (broad SMARTS) is 1. The van der Waals surface area contributed by atoms with E-state index in [-0.39, 0.29) is 38.0 Å². The average molecular weight is 481 g/mol. The van der Waals surface area contributed by atoms with Crippen LogP contribution < -0.4 is 10.6 Å². The Morgan fingerprint density at radius 2 is 1.63 bits per heavy atom. The summed E-state index contributed by atoms with van der Waals surface area (Å²) in [5.74, 6) is -1.50. The van der Waals surface area contributed by atoms with Crippen LogP contribution in [0.2, 0.25) is 0 Å². The topological polar surface area (TPSA) is 114 Å². The number of carboxylic acids is 1. The van der Waals surface area contributed by atoms with Crippen LogP contribution in [-0.4, -0.2) is 56.0 Å². The molecule has 2 aliphatic rings. The zero-order valence-corrected chi connectivity index (χ0v) is 19.9. The maximum Gasteiger partial charge on any atom is 0.407 e. The van der Waals surface area contributed by atoms with Crippen LogP contribution in [0.1, 0.15) is 49.1 Å². The van der Waals surface area contributed by atoms with Crippen molar-refractivity contribution in [3.05, 3.63) is 59.7 Å². The Bertz CT molecular complexity index is 1030. The molecule has 2 aromatic rings. The van der Waals surface area contributed by atoms with Gasteiger partial charge in [0.1, 0.15) is 12.6 Å². The molecule has 0 aromatic heterocycles. The Balaban J connectivity index is 1.36. The van der Waals surface area contributed by atoms with Crippen molar-refractivity contribution in [1.29, 1.82) is 0 Å². The molecule has 0 aliphatic heterocycles. The Morgan fingerprint density at radius 3 is 2.20 bits per heavy atom. The smallest absolute Gasteiger partial charge is 0.407 e. The van der Waals surface area contributed by atoms with Crippen LogP contribution in [0.15, 0.2) is 48.5 Å². The number of amides is 2. The molecule has 1 atom stereocenters. The van der Waals surface area contributed by atoms with Crippen molar-refractivity contribution >= 4 is 18.0 Å². The highest BCUT2D eigenvalue weighted by atomic mass is 16.5. The maximum atomic E-state index is 13.1. The first-order chi connectivity index (χ1) is 16.9. The largest absolute Gasteiger partial charge is 0.480 e. The van der Waals surface area contributed by atoms with E-state index in [0.717, 1.165) is 35.1 Å². The predicted molar refractivity (Wildman–Crippen MR) is 130 cm³/mol. The van der Waals surface area contributed by atoms with Gasteiger partial charge in [0, 0.05) is 32.6 Å². The summed E-state index contributed by atoms with van der Waals surface area (Å²) in [4.78, 5) is 37.3. The summed E-state index contributed by atoms with van der Waals surface area (Å²) in [6.45, 7) is 0.519. The first-order valence-electron chi connectivity index (χ1n) is 12.1. The van der Waals surface area contributed by atoms with Crippen molar-refractivity contribution < 1.29 is 29.0 Å². The summed E-state index contributed by atoms with van der Waals surface area (Å²) >= 11 is 0. The number of fused-ring (bicyclic) bond motifs is 3. The number of benzene rings is 2. The van der Waals surface area contributed by atoms with Crippen LogP contribution in [0, 0.1) is 5.41 Å². The second-order valence-electron chi connectivity index (χ2n) is 9.31. The Labute approximate surface area is 205 Å². The zero-order valence-electron chi connectivity index (χ0n) is 19.9. The fourth-order valence-corrected chi connectivity index (χ4v) is 5.23. The highest BCUT2D eigenvalue weighted by Gasteiger charge is 2.43. The maximum absolute atomic E-state index is 13.1. The van der Waals surface area contributed by atoms with E-state index in [2.05, 4.69) is 34.9 Å². The standard InChI is InChI=1S/C27H32N2O6/c1-34-15-12-23(24(30)31)29-25(32)27(13-6-7-14-27)17-28-26(33)35-16-22-20-10-4-2-8-18(20)19-9-3-5-11-21(19)22/h2-5,8-11,22-23H,6-7,12-17H2,1H3,(H,28,33)(H,29,32)(H,30,31). The molecule has 186 valence electrons. The lowest BCUT2D eigenvalue weighted by Crippen LogP contribution is -2.52. The fourth-order valence-electron chi connectivity index (χ4n) is 5.23. The first-order valence-corrected chi connectivity index (χ1v) is 12.1. The van der Waals surface area contributed by atoms with E-state index in [1.54, 1.807) is 0 Å². The molecule has 8 heteroatoms. The molecule has 1 saturated carbocycles. The van der Waals surface area contributed by atoms with Gasteiger partial charge < -0.3 is 25.2 Å². The first kappa shape index (κ1) is 24.7. The molecular formula is C27H32N2O6. The molecule has 0 bridgehead atoms. The van der Waals surface area contributed by atoms with Gasteiger partial charge in [-0.05, 0) is 35.1 Å². The molecule has 0 saturated heterocycles. The van der Waals surface area contributed by atoms with Gasteiger partial charge in [-0.3, -0.25) is 4.79 Å². The number of alkyl carbamates (subject to hydrolysis) is 1. The quantitative estimate of drug-likeness (QED) is 0.478. The third kappa shape index (κ3) is 5.32. The van der Waals surface area contributed by atoms with Gasteiger partial charge in [-0.1, -0.05) is 61.4 Å². The summed E-state index contributed by atoms with van der Waals surface area (Å²) < 4.78 is 10.6. The van der Waals surface area contributed by atoms with Gasteiger partial charge in [0.2, 0.25) is 5.91 Å². The monoisotopic (exact) mass is 480 g/mol. The second kappa shape index (κ2) is 10.9. The Hall–Kier alpha value is -3.39. The van der Waals surface area contributed by atoms with Crippen molar-refractivity contribution in [3.63, 3.8) is 0 Å². The minimum absolute atomic E-state index is 0.0472. The molecule has 1 fully saturated rings. The number of hydrogen-bond donors (Lipinski definition) is 3. The van der Waals surface area contributed by atoms with Crippen LogP contribution in [0.5, 0.6) is 0 Å². The number of ether oxygens (including phenoxy) is 2. The van der Waals surface area contributed by atoms with Gasteiger partial charge in [-0.15, -0.1) is 0 Å². The Kier molecular flexibility index (Phi) is 7.70. The number of nitrogens with one attached hydrogen (secondary N) is 2. The minimum Gasteiger partial charge on any atom is -0.480 e. The average Bonchev–Trinajstić information content (AvgIpc) is 3.47. The lowest BCUT2D eigenvalue weighted by Gasteiger charge is -2.29. The highest BCUT2D eigenvalue weighted by molar-refractivity contribution is 5.88. The lowest BCUT2D eigenvalue weighted by atomic mass is 9.84. The van der Waals surface area contributed by atoms with E-state index >= 15 is 0 Å². The molecule has 4 rings (SSSR count). The number of hydrogen-bond acceptors (Lipinski definition) is 5. The van der Waals surface area contributed by atoms with Crippen molar-refractivity contribution in [2.75, 3.05) is 26.9 Å². The summed E-state index contributed by atoms with van der Waals surface area (Å²) in [6.07, 6.45) is 2.44. The zero-order chi connectivity index (χ0) is 24.8. The van der Waals surface area contributed by atoms with Gasteiger partial charge in [0.05, 0.1) is 5.41 Å².